The topological polar surface area (TPSA) is 27.7 Å². The lowest BCUT2D eigenvalue weighted by atomic mass is 10.0. The molecular weight excluding hydrogens is 340 g/mol. The van der Waals surface area contributed by atoms with Crippen LogP contribution >= 0.6 is 0 Å². The zero-order valence-corrected chi connectivity index (χ0v) is 20.0. The van der Waals surface area contributed by atoms with Crippen LogP contribution in [0.25, 0.3) is 0 Å². The number of hydrogen-bond acceptors (Lipinski definition) is 3. The third kappa shape index (κ3) is 26.3. The molecule has 0 aromatic heterocycles. The van der Waals surface area contributed by atoms with Crippen LogP contribution in [0.1, 0.15) is 123 Å². The van der Waals surface area contributed by atoms with E-state index in [0.29, 0.717) is 0 Å². The molecule has 0 aliphatic heterocycles. The van der Waals surface area contributed by atoms with Gasteiger partial charge in [-0.15, -0.1) is 0 Å². The van der Waals surface area contributed by atoms with Crippen molar-refractivity contribution in [3.8, 4) is 0 Å². The largest absolute Gasteiger partial charge is 0.483 e. The summed E-state index contributed by atoms with van der Waals surface area (Å²) in [6.07, 6.45) is 24.9. The average Bonchev–Trinajstić information content (AvgIpc) is 2.67. The van der Waals surface area contributed by atoms with Gasteiger partial charge in [-0.1, -0.05) is 123 Å². The lowest BCUT2D eigenvalue weighted by Gasteiger charge is -2.05. The van der Waals surface area contributed by atoms with Crippen molar-refractivity contribution < 1.29 is 13.3 Å². The van der Waals surface area contributed by atoms with E-state index in [1.807, 2.05) is 0 Å². The molecule has 0 rings (SSSR count). The Bertz CT molecular complexity index is 202. The molecule has 0 fully saturated rings. The fourth-order valence-electron chi connectivity index (χ4n) is 3.09. The fourth-order valence-corrected chi connectivity index (χ4v) is 3.66. The Morgan fingerprint density at radius 1 is 0.385 bits per heavy atom. The van der Waals surface area contributed by atoms with Crippen LogP contribution in [0.3, 0.4) is 0 Å². The molecule has 0 N–H and O–H groups in total. The molecule has 0 radical (unpaired) electrons. The van der Waals surface area contributed by atoms with Gasteiger partial charge < -0.3 is 13.3 Å². The summed E-state index contributed by atoms with van der Waals surface area (Å²) in [5, 5.41) is 0. The Morgan fingerprint density at radius 3 is 0.692 bits per heavy atom. The second kappa shape index (κ2) is 27.3. The summed E-state index contributed by atoms with van der Waals surface area (Å²) in [6.45, 7) is 4.59. The molecule has 4 heteroatoms. The lowest BCUT2D eigenvalue weighted by molar-refractivity contribution is 0.163. The summed E-state index contributed by atoms with van der Waals surface area (Å²) in [4.78, 5) is 0. The molecule has 0 aliphatic rings. The van der Waals surface area contributed by atoms with E-state index in [2.05, 4.69) is 13.8 Å². The molecule has 0 aromatic carbocycles. The molecule has 160 valence electrons. The zero-order valence-electron chi connectivity index (χ0n) is 18.8. The second-order valence-corrected chi connectivity index (χ2v) is 9.29. The highest BCUT2D eigenvalue weighted by Crippen LogP contribution is 2.13. The molecule has 26 heavy (non-hydrogen) atoms. The average molecular weight is 391 g/mol. The maximum atomic E-state index is 4.74. The van der Waals surface area contributed by atoms with Gasteiger partial charge in [-0.2, -0.15) is 0 Å². The molecule has 0 atom stereocenters. The van der Waals surface area contributed by atoms with Crippen molar-refractivity contribution in [2.45, 2.75) is 123 Å². The molecule has 3 nitrogen and oxygen atoms in total. The molecule has 0 saturated carbocycles. The maximum Gasteiger partial charge on any atom is 0.483 e. The number of rotatable bonds is 19. The SMILES string of the molecule is CCCCCCCCCCCCCCCCCCC.CO[SiH](OC)OC. The standard InChI is InChI=1S/C19H40.C3H10O3Si/c1-3-5-7-9-11-13-15-17-19-18-16-14-12-10-8-6-4-2;1-4-7(5-2)6-3/h3-19H2,1-2H3;7H,1-3H3. The van der Waals surface area contributed by atoms with Crippen LogP contribution in [0.2, 0.25) is 0 Å². The summed E-state index contributed by atoms with van der Waals surface area (Å²) in [5.41, 5.74) is 0. The van der Waals surface area contributed by atoms with Gasteiger partial charge in [-0.25, -0.2) is 0 Å². The quantitative estimate of drug-likeness (QED) is 0.171. The van der Waals surface area contributed by atoms with Crippen LogP contribution in [0.15, 0.2) is 0 Å². The van der Waals surface area contributed by atoms with E-state index in [1.165, 1.54) is 109 Å². The summed E-state index contributed by atoms with van der Waals surface area (Å²) in [7, 11) is 3.05. The van der Waals surface area contributed by atoms with Gasteiger partial charge in [0.05, 0.1) is 0 Å². The third-order valence-electron chi connectivity index (χ3n) is 4.78. The van der Waals surface area contributed by atoms with Crippen LogP contribution < -0.4 is 0 Å². The molecule has 0 aromatic rings. The van der Waals surface area contributed by atoms with E-state index in [9.17, 15) is 0 Å². The first kappa shape index (κ1) is 28.3. The normalized spacial score (nSPS) is 10.8. The Labute approximate surface area is 167 Å². The summed E-state index contributed by atoms with van der Waals surface area (Å²) >= 11 is 0. The highest BCUT2D eigenvalue weighted by atomic mass is 28.3. The first-order chi connectivity index (χ1) is 12.8. The monoisotopic (exact) mass is 390 g/mol. The Balaban J connectivity index is 0. The van der Waals surface area contributed by atoms with Crippen LogP contribution in [0.4, 0.5) is 0 Å². The second-order valence-electron chi connectivity index (χ2n) is 7.30. The van der Waals surface area contributed by atoms with Gasteiger partial charge in [0.1, 0.15) is 0 Å². The van der Waals surface area contributed by atoms with Gasteiger partial charge in [0, 0.05) is 21.3 Å². The molecule has 0 amide bonds. The highest BCUT2D eigenvalue weighted by Gasteiger charge is 2.05. The highest BCUT2D eigenvalue weighted by molar-refractivity contribution is 6.36. The van der Waals surface area contributed by atoms with Gasteiger partial charge in [-0.3, -0.25) is 0 Å². The summed E-state index contributed by atoms with van der Waals surface area (Å²) in [5.74, 6) is 0. The van der Waals surface area contributed by atoms with Crippen LogP contribution in [-0.2, 0) is 13.3 Å². The van der Waals surface area contributed by atoms with Crippen LogP contribution in [-0.4, -0.2) is 30.9 Å². The molecule has 0 heterocycles. The summed E-state index contributed by atoms with van der Waals surface area (Å²) in [6, 6.07) is 0. The molecular formula is C22H50O3Si. The van der Waals surface area contributed by atoms with E-state index in [1.54, 1.807) is 21.3 Å². The van der Waals surface area contributed by atoms with E-state index in [-0.39, 0.29) is 0 Å². The van der Waals surface area contributed by atoms with Crippen molar-refractivity contribution in [3.63, 3.8) is 0 Å². The van der Waals surface area contributed by atoms with E-state index < -0.39 is 9.53 Å². The van der Waals surface area contributed by atoms with Crippen molar-refractivity contribution in [2.24, 2.45) is 0 Å². The van der Waals surface area contributed by atoms with Crippen molar-refractivity contribution in [1.82, 2.24) is 0 Å². The van der Waals surface area contributed by atoms with Crippen LogP contribution in [0.5, 0.6) is 0 Å². The van der Waals surface area contributed by atoms with Crippen molar-refractivity contribution in [3.05, 3.63) is 0 Å². The van der Waals surface area contributed by atoms with Crippen LogP contribution in [0, 0.1) is 0 Å². The predicted molar refractivity (Wildman–Crippen MR) is 118 cm³/mol. The molecule has 0 aliphatic carbocycles. The van der Waals surface area contributed by atoms with Crippen molar-refractivity contribution in [1.29, 1.82) is 0 Å². The molecule has 0 saturated heterocycles. The number of hydrogen-bond donors (Lipinski definition) is 0. The third-order valence-corrected chi connectivity index (χ3v) is 5.94. The summed E-state index contributed by atoms with van der Waals surface area (Å²) < 4.78 is 14.2. The first-order valence-electron chi connectivity index (χ1n) is 11.3. The Kier molecular flexibility index (Phi) is 29.7. The predicted octanol–water partition coefficient (Wildman–Crippen LogP) is 7.30. The molecule has 0 bridgehead atoms. The van der Waals surface area contributed by atoms with Gasteiger partial charge in [0.25, 0.3) is 0 Å². The minimum atomic E-state index is -1.67. The minimum absolute atomic E-state index is 1.37. The first-order valence-corrected chi connectivity index (χ1v) is 12.8. The number of unbranched alkanes of at least 4 members (excludes halogenated alkanes) is 16. The minimum Gasteiger partial charge on any atom is -0.379 e. The maximum absolute atomic E-state index is 4.74. The van der Waals surface area contributed by atoms with E-state index >= 15 is 0 Å². The Hall–Kier alpha value is 0.0969. The Morgan fingerprint density at radius 2 is 0.577 bits per heavy atom. The van der Waals surface area contributed by atoms with Crippen molar-refractivity contribution in [2.75, 3.05) is 21.3 Å². The van der Waals surface area contributed by atoms with Gasteiger partial charge in [0.2, 0.25) is 0 Å². The van der Waals surface area contributed by atoms with E-state index in [4.69, 9.17) is 13.3 Å². The zero-order chi connectivity index (χ0) is 19.7. The fraction of sp³-hybridized carbons (Fsp3) is 1.00. The smallest absolute Gasteiger partial charge is 0.379 e. The molecule has 0 spiro atoms. The van der Waals surface area contributed by atoms with Gasteiger partial charge in [0.15, 0.2) is 0 Å². The van der Waals surface area contributed by atoms with Gasteiger partial charge >= 0.3 is 9.53 Å². The van der Waals surface area contributed by atoms with E-state index in [0.717, 1.165) is 0 Å². The molecule has 0 unspecified atom stereocenters. The van der Waals surface area contributed by atoms with Gasteiger partial charge in [-0.05, 0) is 0 Å². The lowest BCUT2D eigenvalue weighted by Crippen LogP contribution is -2.21. The van der Waals surface area contributed by atoms with Crippen molar-refractivity contribution >= 4 is 9.53 Å².